The van der Waals surface area contributed by atoms with E-state index in [2.05, 4.69) is 69.5 Å². The van der Waals surface area contributed by atoms with Crippen LogP contribution in [-0.4, -0.2) is 66.9 Å². The summed E-state index contributed by atoms with van der Waals surface area (Å²) in [5, 5.41) is 0. The second-order valence-electron chi connectivity index (χ2n) is 15.0. The summed E-state index contributed by atoms with van der Waals surface area (Å²) in [7, 11) is 0. The summed E-state index contributed by atoms with van der Waals surface area (Å²) >= 11 is 0. The van der Waals surface area contributed by atoms with Crippen molar-refractivity contribution in [3.8, 4) is 5.75 Å². The molecule has 2 aliphatic carbocycles. The van der Waals surface area contributed by atoms with Gasteiger partial charge in [-0.1, -0.05) is 34.6 Å². The molecule has 1 aromatic rings. The van der Waals surface area contributed by atoms with E-state index in [1.54, 1.807) is 13.8 Å². The molecule has 0 amide bonds. The van der Waals surface area contributed by atoms with Crippen molar-refractivity contribution in [1.82, 2.24) is 4.90 Å². The van der Waals surface area contributed by atoms with Crippen LogP contribution in [0.2, 0.25) is 0 Å². The fourth-order valence-electron chi connectivity index (χ4n) is 9.44. The zero-order valence-electron chi connectivity index (χ0n) is 26.4. The minimum Gasteiger partial charge on any atom is -0.493 e. The first kappa shape index (κ1) is 29.0. The van der Waals surface area contributed by atoms with Gasteiger partial charge in [0.25, 0.3) is 0 Å². The van der Waals surface area contributed by atoms with E-state index in [-0.39, 0.29) is 29.1 Å². The third-order valence-electron chi connectivity index (χ3n) is 11.2. The van der Waals surface area contributed by atoms with E-state index in [1.165, 1.54) is 11.3 Å². The quantitative estimate of drug-likeness (QED) is 0.405. The third kappa shape index (κ3) is 4.52. The van der Waals surface area contributed by atoms with Crippen molar-refractivity contribution in [1.29, 1.82) is 0 Å². The number of anilines is 1. The van der Waals surface area contributed by atoms with Crippen LogP contribution in [0.4, 0.5) is 5.69 Å². The Balaban J connectivity index is 1.30. The van der Waals surface area contributed by atoms with E-state index in [0.29, 0.717) is 24.3 Å². The van der Waals surface area contributed by atoms with E-state index in [4.69, 9.17) is 14.2 Å². The Morgan fingerprint density at radius 2 is 1.85 bits per heavy atom. The average Bonchev–Trinajstić information content (AvgIpc) is 3.20. The Hall–Kier alpha value is -2.12. The summed E-state index contributed by atoms with van der Waals surface area (Å²) < 4.78 is 17.5. The molecule has 7 atom stereocenters. The predicted octanol–water partition coefficient (Wildman–Crippen LogP) is 5.48. The van der Waals surface area contributed by atoms with E-state index in [1.807, 2.05) is 0 Å². The number of esters is 1. The third-order valence-corrected chi connectivity index (χ3v) is 11.2. The van der Waals surface area contributed by atoms with E-state index >= 15 is 4.79 Å². The average molecular weight is 567 g/mol. The van der Waals surface area contributed by atoms with Crippen molar-refractivity contribution in [2.24, 2.45) is 34.5 Å². The van der Waals surface area contributed by atoms with Crippen LogP contribution in [0.5, 0.6) is 5.75 Å². The molecule has 4 unspecified atom stereocenters. The zero-order chi connectivity index (χ0) is 29.5. The maximum absolute atomic E-state index is 15.1. The van der Waals surface area contributed by atoms with Crippen LogP contribution in [0, 0.1) is 34.5 Å². The van der Waals surface area contributed by atoms with Crippen molar-refractivity contribution in [2.75, 3.05) is 31.1 Å². The molecule has 0 aromatic heterocycles. The highest BCUT2D eigenvalue weighted by atomic mass is 16.8. The Kier molecular flexibility index (Phi) is 7.05. The normalized spacial score (nSPS) is 36.4. The highest BCUT2D eigenvalue weighted by molar-refractivity contribution is 5.96. The molecule has 0 N–H and O–H groups in total. The van der Waals surface area contributed by atoms with Crippen LogP contribution in [0.1, 0.15) is 80.2 Å². The summed E-state index contributed by atoms with van der Waals surface area (Å²) in [6.45, 7) is 20.7. The number of nitrogens with zero attached hydrogens (tertiary/aromatic N) is 2. The number of Topliss-reactive ketones (excluding diaryl/α,β-unsaturated/α-hetero) is 1. The molecule has 2 saturated heterocycles. The number of carbonyl (C=O) groups excluding carboxylic acids is 2. The number of ether oxygens (including phenoxy) is 3. The monoisotopic (exact) mass is 566 g/mol. The van der Waals surface area contributed by atoms with Crippen LogP contribution < -0.4 is 9.64 Å². The molecule has 5 aliphatic rings. The van der Waals surface area contributed by atoms with Crippen molar-refractivity contribution in [2.45, 2.75) is 105 Å². The van der Waals surface area contributed by atoms with Crippen molar-refractivity contribution >= 4 is 17.4 Å². The first-order valence-electron chi connectivity index (χ1n) is 16.0. The minimum absolute atomic E-state index is 0.121. The topological polar surface area (TPSA) is 68.3 Å². The van der Waals surface area contributed by atoms with Gasteiger partial charge in [-0.25, -0.2) is 4.79 Å². The van der Waals surface area contributed by atoms with Gasteiger partial charge in [0, 0.05) is 57.7 Å². The molecule has 226 valence electrons. The van der Waals surface area contributed by atoms with Gasteiger partial charge in [0.05, 0.1) is 17.9 Å². The summed E-state index contributed by atoms with van der Waals surface area (Å²) in [6.07, 6.45) is 2.98. The predicted molar refractivity (Wildman–Crippen MR) is 159 cm³/mol. The number of hydrogen-bond acceptors (Lipinski definition) is 7. The van der Waals surface area contributed by atoms with Crippen LogP contribution in [0.25, 0.3) is 0 Å². The van der Waals surface area contributed by atoms with Gasteiger partial charge in [-0.2, -0.15) is 0 Å². The first-order valence-corrected chi connectivity index (χ1v) is 16.0. The molecule has 6 rings (SSSR count). The van der Waals surface area contributed by atoms with Gasteiger partial charge in [-0.3, -0.25) is 9.69 Å². The van der Waals surface area contributed by atoms with Gasteiger partial charge in [-0.05, 0) is 73.1 Å². The number of piperazine rings is 1. The number of ketones is 1. The van der Waals surface area contributed by atoms with Crippen LogP contribution in [0.15, 0.2) is 18.2 Å². The number of fused-ring (bicyclic) bond motifs is 2. The largest absolute Gasteiger partial charge is 0.493 e. The SMILES string of the molecule is CC(C)C[C@H](C(=O)C12C(N3CCN(c4ccc5c(c4)CCO5)C[C@H]3C)C(C)CCC1C2(C)C)[C@@H]1OC(C)(C)OC1=O. The van der Waals surface area contributed by atoms with Gasteiger partial charge < -0.3 is 19.1 Å². The lowest BCUT2D eigenvalue weighted by Crippen LogP contribution is -2.63. The number of carbonyl (C=O) groups is 2. The lowest BCUT2D eigenvalue weighted by atomic mass is 9.67. The van der Waals surface area contributed by atoms with Gasteiger partial charge in [-0.15, -0.1) is 0 Å². The fourth-order valence-corrected chi connectivity index (χ4v) is 9.44. The maximum Gasteiger partial charge on any atom is 0.338 e. The number of hydrogen-bond donors (Lipinski definition) is 0. The van der Waals surface area contributed by atoms with Crippen LogP contribution >= 0.6 is 0 Å². The van der Waals surface area contributed by atoms with Gasteiger partial charge in [0.15, 0.2) is 6.10 Å². The highest BCUT2D eigenvalue weighted by Gasteiger charge is 2.81. The Labute approximate surface area is 246 Å². The number of benzene rings is 1. The molecular formula is C34H50N2O5. The molecular weight excluding hydrogens is 516 g/mol. The lowest BCUT2D eigenvalue weighted by molar-refractivity contribution is -0.163. The fraction of sp³-hybridized carbons (Fsp3) is 0.765. The molecule has 4 fully saturated rings. The number of cyclic esters (lactones) is 1. The molecule has 0 spiro atoms. The molecule has 41 heavy (non-hydrogen) atoms. The maximum atomic E-state index is 15.1. The molecule has 3 heterocycles. The van der Waals surface area contributed by atoms with Crippen molar-refractivity contribution in [3.05, 3.63) is 23.8 Å². The standard InChI is InChI=1S/C34H50N2O5/c1-20(2)17-25(28-31(38)41-33(7,8)40-28)30(37)34-27(32(34,5)6)12-9-21(3)29(34)36-15-14-35(19-22(36)4)24-10-11-26-23(18-24)13-16-39-26/h10-11,18,20-22,25,27-29H,9,12-17,19H2,1-8H3/t21?,22-,25+,27?,28+,29?,34?/m1/s1. The summed E-state index contributed by atoms with van der Waals surface area (Å²) in [6, 6.07) is 7.07. The minimum atomic E-state index is -0.999. The smallest absolute Gasteiger partial charge is 0.338 e. The van der Waals surface area contributed by atoms with Crippen molar-refractivity contribution in [3.63, 3.8) is 0 Å². The summed E-state index contributed by atoms with van der Waals surface area (Å²) in [5.74, 6) is 0.372. The Bertz CT molecular complexity index is 1210. The lowest BCUT2D eigenvalue weighted by Gasteiger charge is -2.51. The molecule has 1 aromatic carbocycles. The molecule has 3 aliphatic heterocycles. The molecule has 7 nitrogen and oxygen atoms in total. The second kappa shape index (κ2) is 9.97. The first-order chi connectivity index (χ1) is 19.3. The molecule has 7 heteroatoms. The van der Waals surface area contributed by atoms with Crippen LogP contribution in [0.3, 0.4) is 0 Å². The van der Waals surface area contributed by atoms with Crippen LogP contribution in [-0.2, 0) is 25.5 Å². The summed E-state index contributed by atoms with van der Waals surface area (Å²) in [4.78, 5) is 33.4. The highest BCUT2D eigenvalue weighted by Crippen LogP contribution is 2.77. The van der Waals surface area contributed by atoms with Crippen molar-refractivity contribution < 1.29 is 23.8 Å². The Morgan fingerprint density at radius 3 is 2.51 bits per heavy atom. The van der Waals surface area contributed by atoms with E-state index < -0.39 is 23.2 Å². The van der Waals surface area contributed by atoms with Gasteiger partial charge in [0.1, 0.15) is 11.5 Å². The van der Waals surface area contributed by atoms with Gasteiger partial charge >= 0.3 is 5.97 Å². The number of rotatable bonds is 7. The van der Waals surface area contributed by atoms with E-state index in [9.17, 15) is 4.79 Å². The molecule has 2 saturated carbocycles. The Morgan fingerprint density at radius 1 is 1.10 bits per heavy atom. The molecule has 0 radical (unpaired) electrons. The zero-order valence-corrected chi connectivity index (χ0v) is 26.4. The summed E-state index contributed by atoms with van der Waals surface area (Å²) in [5.41, 5.74) is 1.97. The second-order valence-corrected chi connectivity index (χ2v) is 15.0. The van der Waals surface area contributed by atoms with E-state index in [0.717, 1.165) is 51.3 Å². The molecule has 0 bridgehead atoms. The van der Waals surface area contributed by atoms with Gasteiger partial charge in [0.2, 0.25) is 5.79 Å².